The summed E-state index contributed by atoms with van der Waals surface area (Å²) >= 11 is 12.7. The number of benzene rings is 3. The van der Waals surface area contributed by atoms with E-state index in [4.69, 9.17) is 23.2 Å². The third kappa shape index (κ3) is 7.60. The maximum atomic E-state index is 14.3. The lowest BCUT2D eigenvalue weighted by Crippen LogP contribution is -2.58. The lowest BCUT2D eigenvalue weighted by Gasteiger charge is -2.43. The van der Waals surface area contributed by atoms with Crippen LogP contribution in [0.1, 0.15) is 54.0 Å². The molecule has 3 aromatic rings. The number of amides is 2. The van der Waals surface area contributed by atoms with Gasteiger partial charge in [-0.15, -0.1) is 0 Å². The zero-order valence-electron chi connectivity index (χ0n) is 26.8. The number of rotatable bonds is 10. The first-order valence-corrected chi connectivity index (χ1v) is 18.2. The normalized spacial score (nSPS) is 19.0. The van der Waals surface area contributed by atoms with E-state index in [1.807, 2.05) is 30.3 Å². The van der Waals surface area contributed by atoms with Crippen molar-refractivity contribution in [2.75, 3.05) is 40.4 Å². The Labute approximate surface area is 289 Å². The summed E-state index contributed by atoms with van der Waals surface area (Å²) in [6.45, 7) is 1.17. The van der Waals surface area contributed by atoms with Crippen molar-refractivity contribution in [3.63, 3.8) is 0 Å². The highest BCUT2D eigenvalue weighted by molar-refractivity contribution is 7.92. The zero-order valence-corrected chi connectivity index (χ0v) is 29.2. The Morgan fingerprint density at radius 1 is 0.979 bits per heavy atom. The molecule has 0 aliphatic carbocycles. The molecule has 48 heavy (non-hydrogen) atoms. The number of likely N-dealkylation sites (tertiary alicyclic amines) is 1. The molecule has 2 heterocycles. The number of alkyl halides is 3. The van der Waals surface area contributed by atoms with Crippen LogP contribution < -0.4 is 0 Å². The van der Waals surface area contributed by atoms with Crippen LogP contribution in [0.4, 0.5) is 13.2 Å². The quantitative estimate of drug-likeness (QED) is 0.168. The van der Waals surface area contributed by atoms with Gasteiger partial charge >= 0.3 is 12.1 Å². The minimum Gasteiger partial charge on any atom is -0.303 e. The van der Waals surface area contributed by atoms with Crippen molar-refractivity contribution in [3.05, 3.63) is 105 Å². The molecule has 1 saturated heterocycles. The van der Waals surface area contributed by atoms with Crippen LogP contribution in [0.25, 0.3) is 0 Å². The van der Waals surface area contributed by atoms with Gasteiger partial charge in [0.05, 0.1) is 29.3 Å². The van der Waals surface area contributed by atoms with E-state index in [9.17, 15) is 31.2 Å². The molecule has 0 radical (unpaired) electrons. The average Bonchev–Trinajstić information content (AvgIpc) is 3.24. The fourth-order valence-electron chi connectivity index (χ4n) is 7.25. The van der Waals surface area contributed by atoms with Crippen molar-refractivity contribution in [1.29, 1.82) is 0 Å². The molecule has 258 valence electrons. The molecule has 7 nitrogen and oxygen atoms in total. The van der Waals surface area contributed by atoms with Gasteiger partial charge in [0.2, 0.25) is 5.91 Å². The number of carbonyl (C=O) groups excluding carboxylic acids is 2. The van der Waals surface area contributed by atoms with Crippen molar-refractivity contribution < 1.29 is 35.7 Å². The van der Waals surface area contributed by atoms with E-state index >= 15 is 0 Å². The monoisotopic (exact) mass is 724 g/mol. The summed E-state index contributed by atoms with van der Waals surface area (Å²) in [5, 5.41) is 0.564. The van der Waals surface area contributed by atoms with Crippen molar-refractivity contribution in [2.45, 2.75) is 54.8 Å². The summed E-state index contributed by atoms with van der Waals surface area (Å²) in [6, 6.07) is 20.9. The van der Waals surface area contributed by atoms with Crippen molar-refractivity contribution in [3.8, 4) is 0 Å². The van der Waals surface area contributed by atoms with E-state index in [1.165, 1.54) is 7.05 Å². The zero-order chi connectivity index (χ0) is 34.9. The van der Waals surface area contributed by atoms with Crippen LogP contribution in [0.2, 0.25) is 10.0 Å². The van der Waals surface area contributed by atoms with Crippen LogP contribution in [0, 0.1) is 0 Å². The van der Waals surface area contributed by atoms with Crippen LogP contribution in [0.15, 0.2) is 72.8 Å². The van der Waals surface area contributed by atoms with Gasteiger partial charge in [-0.25, -0.2) is 17.7 Å². The van der Waals surface area contributed by atoms with Gasteiger partial charge in [-0.1, -0.05) is 83.9 Å². The summed E-state index contributed by atoms with van der Waals surface area (Å²) < 4.78 is 65.2. The van der Waals surface area contributed by atoms with E-state index < -0.39 is 43.6 Å². The van der Waals surface area contributed by atoms with Gasteiger partial charge in [-0.05, 0) is 54.8 Å². The number of fused-ring (bicyclic) bond motifs is 2. The summed E-state index contributed by atoms with van der Waals surface area (Å²) in [4.78, 5) is 30.2. The molecule has 13 heteroatoms. The van der Waals surface area contributed by atoms with Gasteiger partial charge < -0.3 is 4.90 Å². The topological polar surface area (TPSA) is 74.8 Å². The Morgan fingerprint density at radius 2 is 1.62 bits per heavy atom. The van der Waals surface area contributed by atoms with E-state index in [1.54, 1.807) is 49.5 Å². The van der Waals surface area contributed by atoms with Gasteiger partial charge in [0.25, 0.3) is 0 Å². The van der Waals surface area contributed by atoms with E-state index in [-0.39, 0.29) is 29.8 Å². The van der Waals surface area contributed by atoms with E-state index in [0.717, 1.165) is 21.6 Å². The highest BCUT2D eigenvalue weighted by Gasteiger charge is 2.52. The number of hydrogen-bond acceptors (Lipinski definition) is 5. The largest absolute Gasteiger partial charge is 0.397 e. The summed E-state index contributed by atoms with van der Waals surface area (Å²) in [6.07, 6.45) is -5.14. The van der Waals surface area contributed by atoms with Crippen LogP contribution in [0.5, 0.6) is 0 Å². The number of quaternary nitrogens is 1. The SMILES string of the molecule is CN(C[N+](C)(C(=O)Cc1ccccc1)[C@@H](CCN1CCC2(CC1)c1ccccc1CS2(=O)=O)c1ccc(Cl)c(Cl)c1)C(=O)CC(F)(F)F. The second-order valence-corrected chi connectivity index (χ2v) is 16.2. The van der Waals surface area contributed by atoms with Crippen molar-refractivity contribution >= 4 is 44.9 Å². The van der Waals surface area contributed by atoms with Crippen LogP contribution in [-0.2, 0) is 36.3 Å². The van der Waals surface area contributed by atoms with Crippen LogP contribution in [-0.4, -0.2) is 81.1 Å². The van der Waals surface area contributed by atoms with E-state index in [2.05, 4.69) is 4.90 Å². The molecule has 1 fully saturated rings. The number of halogens is 5. The molecule has 0 aromatic heterocycles. The molecule has 5 rings (SSSR count). The Balaban J connectivity index is 1.44. The van der Waals surface area contributed by atoms with Crippen molar-refractivity contribution in [1.82, 2.24) is 9.80 Å². The third-order valence-electron chi connectivity index (χ3n) is 9.90. The molecule has 1 spiro atoms. The fourth-order valence-corrected chi connectivity index (χ4v) is 9.84. The van der Waals surface area contributed by atoms with Crippen LogP contribution >= 0.6 is 23.2 Å². The molecule has 0 saturated carbocycles. The van der Waals surface area contributed by atoms with E-state index in [0.29, 0.717) is 49.5 Å². The highest BCUT2D eigenvalue weighted by atomic mass is 35.5. The smallest absolute Gasteiger partial charge is 0.303 e. The predicted molar refractivity (Wildman–Crippen MR) is 180 cm³/mol. The predicted octanol–water partition coefficient (Wildman–Crippen LogP) is 6.93. The van der Waals surface area contributed by atoms with Crippen molar-refractivity contribution in [2.24, 2.45) is 0 Å². The average molecular weight is 726 g/mol. The first-order valence-electron chi connectivity index (χ1n) is 15.8. The molecule has 0 N–H and O–H groups in total. The number of nitrogens with zero attached hydrogens (tertiary/aromatic N) is 3. The molecule has 2 aliphatic rings. The summed E-state index contributed by atoms with van der Waals surface area (Å²) in [5.74, 6) is -1.41. The number of likely N-dealkylation sites (N-methyl/N-ethyl adjacent to an activating group) is 1. The fraction of sp³-hybridized carbons (Fsp3) is 0.429. The third-order valence-corrected chi connectivity index (χ3v) is 13.1. The molecular formula is C35H39Cl2F3N3O4S+. The molecule has 2 amide bonds. The maximum absolute atomic E-state index is 14.3. The number of hydrogen-bond donors (Lipinski definition) is 0. The summed E-state index contributed by atoms with van der Waals surface area (Å²) in [7, 11) is -0.477. The second kappa shape index (κ2) is 14.1. The van der Waals surface area contributed by atoms with Gasteiger partial charge in [0.1, 0.15) is 17.2 Å². The minimum atomic E-state index is -4.70. The lowest BCUT2D eigenvalue weighted by molar-refractivity contribution is -0.875. The Morgan fingerprint density at radius 3 is 2.27 bits per heavy atom. The molecule has 2 aliphatic heterocycles. The van der Waals surface area contributed by atoms with Crippen LogP contribution in [0.3, 0.4) is 0 Å². The Kier molecular flexibility index (Phi) is 10.7. The highest BCUT2D eigenvalue weighted by Crippen LogP contribution is 2.49. The molecule has 2 atom stereocenters. The maximum Gasteiger partial charge on any atom is 0.397 e. The lowest BCUT2D eigenvalue weighted by atomic mass is 9.86. The Bertz CT molecular complexity index is 1770. The molecule has 3 aromatic carbocycles. The first-order chi connectivity index (χ1) is 22.5. The standard InChI is InChI=1S/C35H39Cl2F3N3O4S/c1-41(32(44)22-35(38,39)40)24-43(2,33(45)20-25-8-4-3-5-9-25)31(26-12-13-29(36)30(37)21-26)14-17-42-18-15-34(16-19-42)28-11-7-6-10-27(28)23-48(34,46)47/h3-13,21,31H,14-20,22-24H2,1-2H3/q+1/t31-,43?/m0/s1. The minimum absolute atomic E-state index is 0.0139. The van der Waals surface area contributed by atoms with Gasteiger partial charge in [-0.3, -0.25) is 9.69 Å². The number of piperidine rings is 1. The summed E-state index contributed by atoms with van der Waals surface area (Å²) in [5.41, 5.74) is 3.09. The molecular weight excluding hydrogens is 686 g/mol. The first kappa shape index (κ1) is 36.3. The number of sulfone groups is 1. The number of carbonyl (C=O) groups is 2. The Hall–Kier alpha value is -2.96. The van der Waals surface area contributed by atoms with Gasteiger partial charge in [0, 0.05) is 25.6 Å². The van der Waals surface area contributed by atoms with Gasteiger partial charge in [-0.2, -0.15) is 13.2 Å². The molecule has 1 unspecified atom stereocenters. The van der Waals surface area contributed by atoms with Gasteiger partial charge in [0.15, 0.2) is 16.5 Å². The molecule has 0 bridgehead atoms. The second-order valence-electron chi connectivity index (χ2n) is 13.1.